The third-order valence-corrected chi connectivity index (χ3v) is 6.63. The number of nitrogens with zero attached hydrogens (tertiary/aromatic N) is 3. The number of fused-ring (bicyclic) bond motifs is 1. The summed E-state index contributed by atoms with van der Waals surface area (Å²) in [7, 11) is 1.95. The molecular weight excluding hydrogens is 517 g/mol. The van der Waals surface area contributed by atoms with Crippen LogP contribution in [0.2, 0.25) is 0 Å². The van der Waals surface area contributed by atoms with Gasteiger partial charge in [0.1, 0.15) is 6.04 Å². The smallest absolute Gasteiger partial charge is 0.418 e. The number of ether oxygens (including phenoxy) is 1. The highest BCUT2D eigenvalue weighted by Crippen LogP contribution is 2.27. The van der Waals surface area contributed by atoms with Crippen molar-refractivity contribution in [2.24, 2.45) is 5.92 Å². The maximum absolute atomic E-state index is 12.9. The number of hydrogen-bond donors (Lipinski definition) is 1. The summed E-state index contributed by atoms with van der Waals surface area (Å²) in [5, 5.41) is 13.5. The number of amides is 1. The van der Waals surface area contributed by atoms with Gasteiger partial charge in [-0.1, -0.05) is 43.2 Å². The van der Waals surface area contributed by atoms with Crippen LogP contribution in [-0.4, -0.2) is 59.3 Å². The number of aromatic nitrogens is 2. The summed E-state index contributed by atoms with van der Waals surface area (Å²) in [5.41, 5.74) is 0.738. The van der Waals surface area contributed by atoms with E-state index >= 15 is 0 Å². The molecule has 0 radical (unpaired) electrons. The van der Waals surface area contributed by atoms with Gasteiger partial charge in [-0.2, -0.15) is 13.2 Å². The number of likely N-dealkylation sites (tertiary alicyclic amines) is 1. The van der Waals surface area contributed by atoms with Crippen LogP contribution in [0.25, 0.3) is 22.2 Å². The maximum Gasteiger partial charge on any atom is 0.491 e. The van der Waals surface area contributed by atoms with E-state index in [2.05, 4.69) is 25.2 Å². The van der Waals surface area contributed by atoms with E-state index in [0.717, 1.165) is 29.3 Å². The van der Waals surface area contributed by atoms with Crippen LogP contribution in [-0.2, 0) is 19.1 Å². The summed E-state index contributed by atoms with van der Waals surface area (Å²) in [5.74, 6) is -3.48. The number of benzene rings is 2. The fourth-order valence-corrected chi connectivity index (χ4v) is 4.52. The molecule has 1 amide bonds. The number of carbonyl (C=O) groups excluding carboxylic acids is 3. The van der Waals surface area contributed by atoms with Gasteiger partial charge in [0, 0.05) is 18.5 Å². The predicted octanol–water partition coefficient (Wildman–Crippen LogP) is 4.58. The molecular formula is C27H29F3N4O5. The first kappa shape index (κ1) is 28.2. The number of esters is 2. The normalized spacial score (nSPS) is 16.8. The Hall–Kier alpha value is -3.80. The number of alkyl halides is 3. The van der Waals surface area contributed by atoms with E-state index in [1.165, 1.54) is 0 Å². The number of halogens is 3. The van der Waals surface area contributed by atoms with Gasteiger partial charge in [-0.25, -0.2) is 4.79 Å². The molecule has 3 aromatic rings. The average molecular weight is 547 g/mol. The molecule has 1 aliphatic rings. The number of rotatable bonds is 10. The van der Waals surface area contributed by atoms with E-state index in [1.807, 2.05) is 49.5 Å². The lowest BCUT2D eigenvalue weighted by Crippen LogP contribution is -2.35. The zero-order chi connectivity index (χ0) is 28.0. The number of hydrogen-bond acceptors (Lipinski definition) is 8. The average Bonchev–Trinajstić information content (AvgIpc) is 3.56. The Morgan fingerprint density at radius 2 is 1.87 bits per heavy atom. The molecule has 2 aromatic carbocycles. The minimum absolute atomic E-state index is 0.121. The largest absolute Gasteiger partial charge is 0.491 e. The van der Waals surface area contributed by atoms with Crippen LogP contribution in [0.1, 0.15) is 50.5 Å². The number of nitrogens with one attached hydrogen (secondary N) is 1. The van der Waals surface area contributed by atoms with Gasteiger partial charge in [0.15, 0.2) is 0 Å². The first-order valence-corrected chi connectivity index (χ1v) is 12.7. The number of carbonyl (C=O) groups is 3. The molecule has 2 heterocycles. The van der Waals surface area contributed by atoms with Gasteiger partial charge in [-0.15, -0.1) is 10.2 Å². The van der Waals surface area contributed by atoms with Crippen LogP contribution in [0, 0.1) is 5.92 Å². The molecule has 1 fully saturated rings. The van der Waals surface area contributed by atoms with Gasteiger partial charge < -0.3 is 19.4 Å². The summed E-state index contributed by atoms with van der Waals surface area (Å²) in [6.07, 6.45) is -3.25. The Balaban J connectivity index is 1.38. The van der Waals surface area contributed by atoms with Gasteiger partial charge in [0.2, 0.25) is 17.7 Å². The highest BCUT2D eigenvalue weighted by Gasteiger charge is 2.42. The molecule has 0 saturated carbocycles. The van der Waals surface area contributed by atoms with Crippen molar-refractivity contribution in [2.75, 3.05) is 20.1 Å². The molecule has 9 nitrogen and oxygen atoms in total. The molecule has 0 unspecified atom stereocenters. The lowest BCUT2D eigenvalue weighted by molar-refractivity contribution is -0.201. The maximum atomic E-state index is 12.9. The van der Waals surface area contributed by atoms with Crippen molar-refractivity contribution in [1.29, 1.82) is 0 Å². The Morgan fingerprint density at radius 3 is 2.59 bits per heavy atom. The van der Waals surface area contributed by atoms with Crippen molar-refractivity contribution in [3.8, 4) is 11.5 Å². The zero-order valence-electron chi connectivity index (χ0n) is 21.4. The van der Waals surface area contributed by atoms with Crippen molar-refractivity contribution >= 4 is 28.6 Å². The van der Waals surface area contributed by atoms with Crippen LogP contribution < -0.4 is 5.32 Å². The SMILES string of the molecule is CN1CC[C@@H](C(=O)N[C@@H](CCCCCC(=O)OC(=O)C(F)(F)F)c2nnc(-c3ccc4ccccc4c3)o2)C1. The van der Waals surface area contributed by atoms with E-state index in [-0.39, 0.29) is 30.6 Å². The molecule has 1 N–H and O–H groups in total. The van der Waals surface area contributed by atoms with Gasteiger partial charge in [0.05, 0.1) is 5.92 Å². The molecule has 4 rings (SSSR count). The van der Waals surface area contributed by atoms with Crippen molar-refractivity contribution in [3.63, 3.8) is 0 Å². The molecule has 0 aliphatic carbocycles. The topological polar surface area (TPSA) is 115 Å². The first-order valence-electron chi connectivity index (χ1n) is 12.7. The van der Waals surface area contributed by atoms with E-state index in [4.69, 9.17) is 4.42 Å². The van der Waals surface area contributed by atoms with Crippen molar-refractivity contribution in [1.82, 2.24) is 20.4 Å². The Labute approximate surface area is 222 Å². The van der Waals surface area contributed by atoms with Crippen molar-refractivity contribution in [3.05, 3.63) is 48.4 Å². The Morgan fingerprint density at radius 1 is 1.10 bits per heavy atom. The molecule has 208 valence electrons. The second kappa shape index (κ2) is 12.4. The summed E-state index contributed by atoms with van der Waals surface area (Å²) in [6.45, 7) is 1.46. The lowest BCUT2D eigenvalue weighted by Gasteiger charge is -2.18. The van der Waals surface area contributed by atoms with Crippen molar-refractivity contribution < 1.29 is 36.7 Å². The van der Waals surface area contributed by atoms with Crippen LogP contribution in [0.5, 0.6) is 0 Å². The molecule has 1 saturated heterocycles. The molecule has 39 heavy (non-hydrogen) atoms. The van der Waals surface area contributed by atoms with E-state index in [9.17, 15) is 27.6 Å². The molecule has 12 heteroatoms. The predicted molar refractivity (Wildman–Crippen MR) is 134 cm³/mol. The fourth-order valence-electron chi connectivity index (χ4n) is 4.52. The third kappa shape index (κ3) is 7.62. The quantitative estimate of drug-likeness (QED) is 0.223. The fraction of sp³-hybridized carbons (Fsp3) is 0.444. The monoisotopic (exact) mass is 546 g/mol. The summed E-state index contributed by atoms with van der Waals surface area (Å²) < 4.78 is 46.5. The third-order valence-electron chi connectivity index (χ3n) is 6.63. The standard InChI is InChI=1S/C27H29F3N4O5/c1-34-14-13-20(16-34)23(36)31-21(9-3-2-4-10-22(35)38-26(37)27(28,29)30)25-33-32-24(39-25)19-12-11-17-7-5-6-8-18(17)15-19/h5-8,11-12,15,20-21H,2-4,9-10,13-14,16H2,1H3,(H,31,36)/t20-,21+/m1/s1. The minimum Gasteiger partial charge on any atom is -0.418 e. The van der Waals surface area contributed by atoms with E-state index in [1.54, 1.807) is 0 Å². The van der Waals surface area contributed by atoms with Crippen LogP contribution in [0.3, 0.4) is 0 Å². The zero-order valence-corrected chi connectivity index (χ0v) is 21.4. The summed E-state index contributed by atoms with van der Waals surface area (Å²) >= 11 is 0. The van der Waals surface area contributed by atoms with Crippen LogP contribution in [0.15, 0.2) is 46.9 Å². The molecule has 0 spiro atoms. The first-order chi connectivity index (χ1) is 18.6. The van der Waals surface area contributed by atoms with Gasteiger partial charge in [-0.05, 0) is 55.8 Å². The van der Waals surface area contributed by atoms with Crippen molar-refractivity contribution in [2.45, 2.75) is 50.7 Å². The van der Waals surface area contributed by atoms with E-state index in [0.29, 0.717) is 31.7 Å². The van der Waals surface area contributed by atoms with Gasteiger partial charge >= 0.3 is 18.1 Å². The summed E-state index contributed by atoms with van der Waals surface area (Å²) in [6, 6.07) is 13.1. The Kier molecular flexibility index (Phi) is 8.95. The van der Waals surface area contributed by atoms with Gasteiger partial charge in [-0.3, -0.25) is 9.59 Å². The molecule has 0 bridgehead atoms. The highest BCUT2D eigenvalue weighted by molar-refractivity contribution is 5.88. The number of unbranched alkanes of at least 4 members (excludes halogenated alkanes) is 2. The second-order valence-corrected chi connectivity index (χ2v) is 9.68. The highest BCUT2D eigenvalue weighted by atomic mass is 19.4. The molecule has 2 atom stereocenters. The minimum atomic E-state index is -5.22. The van der Waals surface area contributed by atoms with Crippen LogP contribution in [0.4, 0.5) is 13.2 Å². The summed E-state index contributed by atoms with van der Waals surface area (Å²) in [4.78, 5) is 37.3. The Bertz CT molecular complexity index is 1330. The molecule has 1 aliphatic heterocycles. The van der Waals surface area contributed by atoms with E-state index < -0.39 is 24.2 Å². The van der Waals surface area contributed by atoms with Gasteiger partial charge in [0.25, 0.3) is 0 Å². The molecule has 1 aromatic heterocycles. The second-order valence-electron chi connectivity index (χ2n) is 9.68. The van der Waals surface area contributed by atoms with Crippen LogP contribution >= 0.6 is 0 Å². The lowest BCUT2D eigenvalue weighted by atomic mass is 10.0.